The van der Waals surface area contributed by atoms with Crippen molar-refractivity contribution in [1.82, 2.24) is 0 Å². The van der Waals surface area contributed by atoms with E-state index in [0.717, 1.165) is 11.4 Å². The van der Waals surface area contributed by atoms with Gasteiger partial charge in [-0.2, -0.15) is 0 Å². The van der Waals surface area contributed by atoms with Crippen LogP contribution in [-0.4, -0.2) is 6.03 Å². The number of carbonyl (C=O) groups is 1. The molecule has 0 aromatic heterocycles. The fourth-order valence-electron chi connectivity index (χ4n) is 0.496. The largest absolute Gasteiger partial charge is 0.399 e. The number of hydrogen-bond donors (Lipinski definition) is 4. The van der Waals surface area contributed by atoms with Gasteiger partial charge in [-0.05, 0) is 24.3 Å². The van der Waals surface area contributed by atoms with E-state index < -0.39 is 6.03 Å². The Balaban J connectivity index is 0.000000261. The van der Waals surface area contributed by atoms with Crippen molar-refractivity contribution in [3.63, 3.8) is 0 Å². The van der Waals surface area contributed by atoms with Crippen molar-refractivity contribution in [2.45, 2.75) is 0 Å². The zero-order valence-corrected chi connectivity index (χ0v) is 6.53. The summed E-state index contributed by atoms with van der Waals surface area (Å²) in [6.07, 6.45) is 0. The van der Waals surface area contributed by atoms with E-state index >= 15 is 0 Å². The SMILES string of the molecule is NC(N)=O.Nc1ccc(N)cc1. The van der Waals surface area contributed by atoms with Gasteiger partial charge in [0.05, 0.1) is 0 Å². The van der Waals surface area contributed by atoms with Gasteiger partial charge in [-0.1, -0.05) is 0 Å². The Morgan fingerprint density at radius 1 is 0.917 bits per heavy atom. The van der Waals surface area contributed by atoms with Crippen LogP contribution >= 0.6 is 0 Å². The number of urea groups is 1. The molecule has 1 aromatic carbocycles. The van der Waals surface area contributed by atoms with Crippen molar-refractivity contribution in [2.24, 2.45) is 11.5 Å². The number of nitrogens with two attached hydrogens (primary N) is 4. The quantitative estimate of drug-likeness (QED) is 0.404. The predicted octanol–water partition coefficient (Wildman–Crippen LogP) is -0.125. The van der Waals surface area contributed by atoms with Gasteiger partial charge < -0.3 is 22.9 Å². The van der Waals surface area contributed by atoms with Gasteiger partial charge in [0.2, 0.25) is 0 Å². The Labute approximate surface area is 70.3 Å². The van der Waals surface area contributed by atoms with E-state index in [1.807, 2.05) is 0 Å². The molecule has 66 valence electrons. The Morgan fingerprint density at radius 2 is 1.08 bits per heavy atom. The summed E-state index contributed by atoms with van der Waals surface area (Å²) in [5.74, 6) is 0. The monoisotopic (exact) mass is 168 g/mol. The normalized spacial score (nSPS) is 8.00. The van der Waals surface area contributed by atoms with Crippen molar-refractivity contribution in [3.8, 4) is 0 Å². The van der Waals surface area contributed by atoms with Crippen LogP contribution in [0.3, 0.4) is 0 Å². The third kappa shape index (κ3) is 6.21. The molecule has 0 unspecified atom stereocenters. The fraction of sp³-hybridized carbons (Fsp3) is 0. The smallest absolute Gasteiger partial charge is 0.309 e. The van der Waals surface area contributed by atoms with Gasteiger partial charge in [0.1, 0.15) is 0 Å². The van der Waals surface area contributed by atoms with Gasteiger partial charge in [0, 0.05) is 11.4 Å². The molecule has 0 atom stereocenters. The van der Waals surface area contributed by atoms with E-state index in [4.69, 9.17) is 16.3 Å². The fourth-order valence-corrected chi connectivity index (χ4v) is 0.496. The molecule has 8 N–H and O–H groups in total. The third-order valence-corrected chi connectivity index (χ3v) is 0.936. The molecule has 0 saturated carbocycles. The van der Waals surface area contributed by atoms with Crippen molar-refractivity contribution in [1.29, 1.82) is 0 Å². The lowest BCUT2D eigenvalue weighted by Crippen LogP contribution is -2.18. The van der Waals surface area contributed by atoms with Crippen LogP contribution < -0.4 is 22.9 Å². The minimum absolute atomic E-state index is 0.749. The standard InChI is InChI=1S/C6H8N2.CH4N2O/c7-5-1-2-6(8)4-3-5;2-1(3)4/h1-4H,7-8H2;(H4,2,3,4). The third-order valence-electron chi connectivity index (χ3n) is 0.936. The van der Waals surface area contributed by atoms with E-state index in [0.29, 0.717) is 0 Å². The van der Waals surface area contributed by atoms with Gasteiger partial charge in [-0.15, -0.1) is 0 Å². The molecule has 12 heavy (non-hydrogen) atoms. The number of rotatable bonds is 0. The van der Waals surface area contributed by atoms with Crippen LogP contribution in [0.4, 0.5) is 16.2 Å². The first-order valence-corrected chi connectivity index (χ1v) is 3.18. The molecule has 1 aromatic rings. The maximum Gasteiger partial charge on any atom is 0.309 e. The summed E-state index contributed by atoms with van der Waals surface area (Å²) in [5.41, 5.74) is 20.7. The van der Waals surface area contributed by atoms with Crippen molar-refractivity contribution in [2.75, 3.05) is 11.5 Å². The lowest BCUT2D eigenvalue weighted by molar-refractivity contribution is 0.256. The number of primary amides is 2. The zero-order chi connectivity index (χ0) is 9.56. The Hall–Kier alpha value is -1.91. The molecule has 0 bridgehead atoms. The molecule has 0 fully saturated rings. The number of anilines is 2. The summed E-state index contributed by atoms with van der Waals surface area (Å²) in [6, 6.07) is 6.26. The predicted molar refractivity (Wildman–Crippen MR) is 49.0 cm³/mol. The molecular formula is C7H12N4O. The second kappa shape index (κ2) is 4.84. The van der Waals surface area contributed by atoms with Crippen LogP contribution in [0.15, 0.2) is 24.3 Å². The van der Waals surface area contributed by atoms with Crippen LogP contribution in [0.2, 0.25) is 0 Å². The summed E-state index contributed by atoms with van der Waals surface area (Å²) in [7, 11) is 0. The van der Waals surface area contributed by atoms with Crippen molar-refractivity contribution >= 4 is 17.4 Å². The highest BCUT2D eigenvalue weighted by Gasteiger charge is 1.80. The molecule has 0 spiro atoms. The van der Waals surface area contributed by atoms with E-state index in [-0.39, 0.29) is 0 Å². The molecule has 0 saturated heterocycles. The van der Waals surface area contributed by atoms with Crippen LogP contribution in [0.25, 0.3) is 0 Å². The maximum absolute atomic E-state index is 9.00. The van der Waals surface area contributed by atoms with Gasteiger partial charge in [-0.3, -0.25) is 0 Å². The van der Waals surface area contributed by atoms with Crippen LogP contribution in [0.5, 0.6) is 0 Å². The molecule has 2 amide bonds. The molecule has 0 aliphatic carbocycles. The lowest BCUT2D eigenvalue weighted by Gasteiger charge is -1.90. The average Bonchev–Trinajstić information content (AvgIpc) is 1.94. The Bertz CT molecular complexity index is 219. The summed E-state index contributed by atoms with van der Waals surface area (Å²) < 4.78 is 0. The topological polar surface area (TPSA) is 121 Å². The molecular weight excluding hydrogens is 156 g/mol. The Kier molecular flexibility index (Phi) is 4.07. The highest BCUT2D eigenvalue weighted by Crippen LogP contribution is 2.04. The van der Waals surface area contributed by atoms with E-state index in [1.165, 1.54) is 0 Å². The first-order chi connectivity index (χ1) is 5.52. The summed E-state index contributed by atoms with van der Waals surface area (Å²) in [4.78, 5) is 9.00. The van der Waals surface area contributed by atoms with Crippen LogP contribution in [-0.2, 0) is 0 Å². The number of nitrogen functional groups attached to an aromatic ring is 2. The molecule has 0 radical (unpaired) electrons. The molecule has 5 heteroatoms. The zero-order valence-electron chi connectivity index (χ0n) is 6.53. The average molecular weight is 168 g/mol. The highest BCUT2D eigenvalue weighted by atomic mass is 16.2. The summed E-state index contributed by atoms with van der Waals surface area (Å²) in [6.45, 7) is 0. The number of amides is 2. The minimum atomic E-state index is -0.833. The van der Waals surface area contributed by atoms with Gasteiger partial charge in [0.15, 0.2) is 0 Å². The summed E-state index contributed by atoms with van der Waals surface area (Å²) in [5, 5.41) is 0. The molecule has 0 heterocycles. The Morgan fingerprint density at radius 3 is 1.25 bits per heavy atom. The second-order valence-corrected chi connectivity index (χ2v) is 2.07. The maximum atomic E-state index is 9.00. The van der Waals surface area contributed by atoms with E-state index in [1.54, 1.807) is 24.3 Å². The van der Waals surface area contributed by atoms with Gasteiger partial charge in [0.25, 0.3) is 0 Å². The van der Waals surface area contributed by atoms with Crippen molar-refractivity contribution < 1.29 is 4.79 Å². The molecule has 0 aliphatic rings. The molecule has 1 rings (SSSR count). The molecule has 0 aliphatic heterocycles. The summed E-state index contributed by atoms with van der Waals surface area (Å²) >= 11 is 0. The van der Waals surface area contributed by atoms with E-state index in [9.17, 15) is 0 Å². The van der Waals surface area contributed by atoms with Crippen LogP contribution in [0, 0.1) is 0 Å². The van der Waals surface area contributed by atoms with Gasteiger partial charge >= 0.3 is 6.03 Å². The number of benzene rings is 1. The van der Waals surface area contributed by atoms with Crippen LogP contribution in [0.1, 0.15) is 0 Å². The van der Waals surface area contributed by atoms with Crippen molar-refractivity contribution in [3.05, 3.63) is 24.3 Å². The minimum Gasteiger partial charge on any atom is -0.399 e. The first kappa shape index (κ1) is 10.1. The van der Waals surface area contributed by atoms with E-state index in [2.05, 4.69) is 11.5 Å². The highest BCUT2D eigenvalue weighted by molar-refractivity contribution is 5.69. The lowest BCUT2D eigenvalue weighted by atomic mass is 10.3. The first-order valence-electron chi connectivity index (χ1n) is 3.18. The second-order valence-electron chi connectivity index (χ2n) is 2.07. The molecule has 5 nitrogen and oxygen atoms in total. The number of carbonyl (C=O) groups excluding carboxylic acids is 1. The number of hydrogen-bond acceptors (Lipinski definition) is 3. The van der Waals surface area contributed by atoms with Gasteiger partial charge in [-0.25, -0.2) is 4.79 Å².